The van der Waals surface area contributed by atoms with Gasteiger partial charge in [0.1, 0.15) is 11.5 Å². The van der Waals surface area contributed by atoms with Gasteiger partial charge < -0.3 is 9.47 Å². The zero-order valence-corrected chi connectivity index (χ0v) is 11.8. The Morgan fingerprint density at radius 2 is 1.90 bits per heavy atom. The molecule has 1 heterocycles. The zero-order valence-electron chi connectivity index (χ0n) is 11.1. The van der Waals surface area contributed by atoms with Crippen LogP contribution >= 0.6 is 11.6 Å². The Balaban J connectivity index is 1.86. The number of rotatable bonds is 4. The molecule has 0 aromatic heterocycles. The molecule has 0 fully saturated rings. The lowest BCUT2D eigenvalue weighted by molar-refractivity contribution is -0.0498. The number of benzene rings is 2. The summed E-state index contributed by atoms with van der Waals surface area (Å²) in [5.74, 6) is 0.995. The Hall–Kier alpha value is -1.81. The summed E-state index contributed by atoms with van der Waals surface area (Å²) in [7, 11) is 0. The average molecular weight is 311 g/mol. The highest BCUT2D eigenvalue weighted by molar-refractivity contribution is 6.22. The maximum absolute atomic E-state index is 12.3. The highest BCUT2D eigenvalue weighted by Crippen LogP contribution is 2.35. The van der Waals surface area contributed by atoms with E-state index in [1.54, 1.807) is 12.1 Å². The smallest absolute Gasteiger partial charge is 0.387 e. The zero-order chi connectivity index (χ0) is 14.8. The Morgan fingerprint density at radius 3 is 2.71 bits per heavy atom. The Kier molecular flexibility index (Phi) is 3.97. The first-order valence-electron chi connectivity index (χ1n) is 6.58. The van der Waals surface area contributed by atoms with E-state index in [1.807, 2.05) is 18.2 Å². The number of alkyl halides is 3. The van der Waals surface area contributed by atoms with E-state index in [9.17, 15) is 8.78 Å². The first-order chi connectivity index (χ1) is 10.1. The van der Waals surface area contributed by atoms with E-state index in [4.69, 9.17) is 16.3 Å². The molecule has 5 heteroatoms. The van der Waals surface area contributed by atoms with Crippen LogP contribution < -0.4 is 9.47 Å². The molecule has 0 amide bonds. The van der Waals surface area contributed by atoms with Gasteiger partial charge in [0.2, 0.25) is 0 Å². The minimum atomic E-state index is -2.84. The van der Waals surface area contributed by atoms with Crippen LogP contribution in [0.5, 0.6) is 11.5 Å². The Labute approximate surface area is 126 Å². The second kappa shape index (κ2) is 5.90. The summed E-state index contributed by atoms with van der Waals surface area (Å²) in [5, 5.41) is -0.419. The predicted molar refractivity (Wildman–Crippen MR) is 76.4 cm³/mol. The first-order valence-corrected chi connectivity index (χ1v) is 7.01. The fourth-order valence-corrected chi connectivity index (χ4v) is 2.68. The average Bonchev–Trinajstić information content (AvgIpc) is 2.93. The number of ether oxygens (including phenoxy) is 2. The van der Waals surface area contributed by atoms with Gasteiger partial charge >= 0.3 is 6.61 Å². The van der Waals surface area contributed by atoms with Crippen LogP contribution in [0.4, 0.5) is 8.78 Å². The van der Waals surface area contributed by atoms with Crippen molar-refractivity contribution in [1.29, 1.82) is 0 Å². The minimum absolute atomic E-state index is 0.109. The fourth-order valence-electron chi connectivity index (χ4n) is 2.40. The molecule has 1 aliphatic rings. The molecule has 2 aromatic rings. The third-order valence-electron chi connectivity index (χ3n) is 3.38. The van der Waals surface area contributed by atoms with Gasteiger partial charge in [0, 0.05) is 6.42 Å². The monoisotopic (exact) mass is 310 g/mol. The van der Waals surface area contributed by atoms with Crippen LogP contribution in [-0.2, 0) is 6.42 Å². The van der Waals surface area contributed by atoms with Gasteiger partial charge in [-0.1, -0.05) is 24.3 Å². The van der Waals surface area contributed by atoms with Gasteiger partial charge in [-0.25, -0.2) is 0 Å². The van der Waals surface area contributed by atoms with Gasteiger partial charge in [-0.15, -0.1) is 11.6 Å². The van der Waals surface area contributed by atoms with Crippen LogP contribution in [0.1, 0.15) is 22.1 Å². The van der Waals surface area contributed by atoms with Crippen molar-refractivity contribution < 1.29 is 18.3 Å². The van der Waals surface area contributed by atoms with Crippen molar-refractivity contribution in [2.45, 2.75) is 18.4 Å². The van der Waals surface area contributed by atoms with Crippen LogP contribution in [0, 0.1) is 0 Å². The van der Waals surface area contributed by atoms with Crippen molar-refractivity contribution in [3.8, 4) is 11.5 Å². The second-order valence-electron chi connectivity index (χ2n) is 4.78. The lowest BCUT2D eigenvalue weighted by Gasteiger charge is -2.13. The SMILES string of the molecule is FC(F)Oc1cccc(C(Cl)c2ccc3c(c2)CCO3)c1. The Bertz CT molecular complexity index is 646. The predicted octanol–water partition coefficient (Wildman–Crippen LogP) is 4.55. The van der Waals surface area contributed by atoms with E-state index in [0.717, 1.165) is 23.3 Å². The van der Waals surface area contributed by atoms with Gasteiger partial charge in [-0.2, -0.15) is 8.78 Å². The molecular weight excluding hydrogens is 298 g/mol. The number of fused-ring (bicyclic) bond motifs is 1. The molecule has 0 aliphatic carbocycles. The lowest BCUT2D eigenvalue weighted by atomic mass is 10.0. The number of halogens is 3. The first kappa shape index (κ1) is 14.1. The molecule has 1 aliphatic heterocycles. The highest BCUT2D eigenvalue weighted by atomic mass is 35.5. The van der Waals surface area contributed by atoms with Crippen LogP contribution in [0.2, 0.25) is 0 Å². The molecular formula is C16H13ClF2O2. The van der Waals surface area contributed by atoms with E-state index in [0.29, 0.717) is 12.2 Å². The van der Waals surface area contributed by atoms with Crippen LogP contribution in [0.3, 0.4) is 0 Å². The maximum Gasteiger partial charge on any atom is 0.387 e. The molecule has 0 radical (unpaired) electrons. The summed E-state index contributed by atoms with van der Waals surface area (Å²) in [6.45, 7) is -2.16. The van der Waals surface area contributed by atoms with Crippen LogP contribution in [0.15, 0.2) is 42.5 Å². The lowest BCUT2D eigenvalue weighted by Crippen LogP contribution is -2.02. The van der Waals surface area contributed by atoms with Crippen molar-refractivity contribution in [2.75, 3.05) is 6.61 Å². The topological polar surface area (TPSA) is 18.5 Å². The Morgan fingerprint density at radius 1 is 1.10 bits per heavy atom. The van der Waals surface area contributed by atoms with E-state index < -0.39 is 12.0 Å². The van der Waals surface area contributed by atoms with E-state index in [1.165, 1.54) is 12.1 Å². The van der Waals surface area contributed by atoms with Gasteiger partial charge in [-0.05, 0) is 34.9 Å². The molecule has 3 rings (SSSR count). The molecule has 2 aromatic carbocycles. The molecule has 21 heavy (non-hydrogen) atoms. The van der Waals surface area contributed by atoms with Gasteiger partial charge in [0.05, 0.1) is 12.0 Å². The molecule has 0 N–H and O–H groups in total. The molecule has 0 saturated heterocycles. The highest BCUT2D eigenvalue weighted by Gasteiger charge is 2.17. The molecule has 2 nitrogen and oxygen atoms in total. The molecule has 0 saturated carbocycles. The summed E-state index contributed by atoms with van der Waals surface area (Å²) in [5.41, 5.74) is 2.75. The summed E-state index contributed by atoms with van der Waals surface area (Å²) >= 11 is 6.46. The fraction of sp³-hybridized carbons (Fsp3) is 0.250. The van der Waals surface area contributed by atoms with E-state index >= 15 is 0 Å². The molecule has 1 atom stereocenters. The molecule has 1 unspecified atom stereocenters. The maximum atomic E-state index is 12.3. The minimum Gasteiger partial charge on any atom is -0.493 e. The largest absolute Gasteiger partial charge is 0.493 e. The van der Waals surface area contributed by atoms with Crippen molar-refractivity contribution in [1.82, 2.24) is 0 Å². The van der Waals surface area contributed by atoms with Crippen molar-refractivity contribution in [3.05, 3.63) is 59.2 Å². The van der Waals surface area contributed by atoms with Crippen molar-refractivity contribution in [2.24, 2.45) is 0 Å². The summed E-state index contributed by atoms with van der Waals surface area (Å²) in [6.07, 6.45) is 0.862. The van der Waals surface area contributed by atoms with Crippen molar-refractivity contribution in [3.63, 3.8) is 0 Å². The van der Waals surface area contributed by atoms with Crippen LogP contribution in [0.25, 0.3) is 0 Å². The summed E-state index contributed by atoms with van der Waals surface area (Å²) in [4.78, 5) is 0. The third-order valence-corrected chi connectivity index (χ3v) is 3.89. The van der Waals surface area contributed by atoms with Crippen molar-refractivity contribution >= 4 is 11.6 Å². The summed E-state index contributed by atoms with van der Waals surface area (Å²) < 4.78 is 34.4. The number of hydrogen-bond acceptors (Lipinski definition) is 2. The standard InChI is InChI=1S/C16H13ClF2O2/c17-15(11-2-1-3-13(9-11)21-16(18)19)12-4-5-14-10(8-12)6-7-20-14/h1-5,8-9,15-16H,6-7H2. The third kappa shape index (κ3) is 3.10. The number of hydrogen-bond donors (Lipinski definition) is 0. The van der Waals surface area contributed by atoms with E-state index in [2.05, 4.69) is 4.74 Å². The van der Waals surface area contributed by atoms with Gasteiger partial charge in [-0.3, -0.25) is 0 Å². The quantitative estimate of drug-likeness (QED) is 0.771. The molecule has 110 valence electrons. The summed E-state index contributed by atoms with van der Waals surface area (Å²) in [6, 6.07) is 12.2. The molecule has 0 bridgehead atoms. The van der Waals surface area contributed by atoms with E-state index in [-0.39, 0.29) is 5.75 Å². The van der Waals surface area contributed by atoms with Gasteiger partial charge in [0.25, 0.3) is 0 Å². The van der Waals surface area contributed by atoms with Crippen LogP contribution in [-0.4, -0.2) is 13.2 Å². The molecule has 0 spiro atoms. The second-order valence-corrected chi connectivity index (χ2v) is 5.22. The normalized spacial score (nSPS) is 14.7. The van der Waals surface area contributed by atoms with Gasteiger partial charge in [0.15, 0.2) is 0 Å².